The molecule has 1 atom stereocenters. The molecule has 0 aromatic carbocycles. The third-order valence-corrected chi connectivity index (χ3v) is 3.97. The lowest BCUT2D eigenvalue weighted by Gasteiger charge is -2.46. The van der Waals surface area contributed by atoms with E-state index in [0.717, 1.165) is 5.92 Å². The summed E-state index contributed by atoms with van der Waals surface area (Å²) in [6.07, 6.45) is 5.71. The molecule has 1 heterocycles. The van der Waals surface area contributed by atoms with Crippen LogP contribution in [0.5, 0.6) is 0 Å². The highest BCUT2D eigenvalue weighted by molar-refractivity contribution is 4.97. The minimum atomic E-state index is 0.586. The minimum absolute atomic E-state index is 0.586. The zero-order valence-corrected chi connectivity index (χ0v) is 8.97. The molecule has 0 bridgehead atoms. The maximum atomic E-state index is 3.29. The number of likely N-dealkylation sites (tertiary alicyclic amines) is 1. The van der Waals surface area contributed by atoms with Crippen LogP contribution in [0, 0.1) is 5.92 Å². The second kappa shape index (κ2) is 3.58. The van der Waals surface area contributed by atoms with Crippen LogP contribution in [0.2, 0.25) is 0 Å². The second-order valence-electron chi connectivity index (χ2n) is 5.01. The van der Waals surface area contributed by atoms with E-state index in [1.807, 2.05) is 0 Å². The highest BCUT2D eigenvalue weighted by Gasteiger charge is 2.40. The van der Waals surface area contributed by atoms with Crippen LogP contribution in [0.1, 0.15) is 32.6 Å². The highest BCUT2D eigenvalue weighted by Crippen LogP contribution is 2.39. The van der Waals surface area contributed by atoms with Gasteiger partial charge in [-0.1, -0.05) is 0 Å². The first-order chi connectivity index (χ1) is 6.24. The van der Waals surface area contributed by atoms with Crippen molar-refractivity contribution in [2.24, 2.45) is 5.92 Å². The average molecular weight is 182 g/mol. The third kappa shape index (κ3) is 1.75. The summed E-state index contributed by atoms with van der Waals surface area (Å²) in [7, 11) is 2.06. The summed E-state index contributed by atoms with van der Waals surface area (Å²) in [6.45, 7) is 6.31. The molecule has 2 rings (SSSR count). The second-order valence-corrected chi connectivity index (χ2v) is 5.01. The van der Waals surface area contributed by atoms with Crippen LogP contribution in [-0.4, -0.2) is 37.1 Å². The fourth-order valence-electron chi connectivity index (χ4n) is 2.78. The monoisotopic (exact) mass is 182 g/mol. The van der Waals surface area contributed by atoms with Gasteiger partial charge in [0, 0.05) is 12.1 Å². The molecular formula is C11H22N2. The van der Waals surface area contributed by atoms with Gasteiger partial charge in [-0.3, -0.25) is 4.90 Å². The lowest BCUT2D eigenvalue weighted by molar-refractivity contribution is 0.0509. The van der Waals surface area contributed by atoms with Crippen LogP contribution in [0.15, 0.2) is 0 Å². The molecule has 1 aliphatic carbocycles. The molecule has 2 heteroatoms. The van der Waals surface area contributed by atoms with Gasteiger partial charge < -0.3 is 5.32 Å². The van der Waals surface area contributed by atoms with Crippen LogP contribution in [0.25, 0.3) is 0 Å². The number of hydrogen-bond donors (Lipinski definition) is 1. The summed E-state index contributed by atoms with van der Waals surface area (Å²) in [4.78, 5) is 2.72. The molecule has 13 heavy (non-hydrogen) atoms. The Morgan fingerprint density at radius 1 is 1.46 bits per heavy atom. The van der Waals surface area contributed by atoms with E-state index >= 15 is 0 Å². The first-order valence-electron chi connectivity index (χ1n) is 5.64. The van der Waals surface area contributed by atoms with E-state index in [1.165, 1.54) is 45.3 Å². The summed E-state index contributed by atoms with van der Waals surface area (Å²) >= 11 is 0. The van der Waals surface area contributed by atoms with Crippen molar-refractivity contribution in [1.82, 2.24) is 10.2 Å². The summed E-state index contributed by atoms with van der Waals surface area (Å²) in [5, 5.41) is 3.29. The van der Waals surface area contributed by atoms with Crippen LogP contribution >= 0.6 is 0 Å². The summed E-state index contributed by atoms with van der Waals surface area (Å²) in [6, 6.07) is 0. The van der Waals surface area contributed by atoms with Crippen molar-refractivity contribution in [2.75, 3.05) is 26.7 Å². The molecular weight excluding hydrogens is 160 g/mol. The lowest BCUT2D eigenvalue weighted by Crippen LogP contribution is -2.50. The molecule has 1 saturated carbocycles. The van der Waals surface area contributed by atoms with Crippen molar-refractivity contribution in [1.29, 1.82) is 0 Å². The van der Waals surface area contributed by atoms with E-state index in [9.17, 15) is 0 Å². The number of nitrogens with zero attached hydrogens (tertiary/aromatic N) is 1. The first-order valence-corrected chi connectivity index (χ1v) is 5.64. The minimum Gasteiger partial charge on any atom is -0.319 e. The predicted octanol–water partition coefficient (Wildman–Crippen LogP) is 1.47. The van der Waals surface area contributed by atoms with Crippen molar-refractivity contribution in [2.45, 2.75) is 38.1 Å². The van der Waals surface area contributed by atoms with Gasteiger partial charge in [-0.25, -0.2) is 0 Å². The smallest absolute Gasteiger partial charge is 0.0181 e. The van der Waals surface area contributed by atoms with Gasteiger partial charge in [-0.15, -0.1) is 0 Å². The molecule has 0 spiro atoms. The van der Waals surface area contributed by atoms with Crippen LogP contribution < -0.4 is 5.32 Å². The Morgan fingerprint density at radius 3 is 2.77 bits per heavy atom. The van der Waals surface area contributed by atoms with E-state index in [2.05, 4.69) is 24.2 Å². The van der Waals surface area contributed by atoms with Crippen LogP contribution in [0.3, 0.4) is 0 Å². The van der Waals surface area contributed by atoms with E-state index in [0.29, 0.717) is 5.54 Å². The average Bonchev–Trinajstić information content (AvgIpc) is 2.50. The predicted molar refractivity (Wildman–Crippen MR) is 55.9 cm³/mol. The Balaban J connectivity index is 1.83. The highest BCUT2D eigenvalue weighted by atomic mass is 15.2. The van der Waals surface area contributed by atoms with Gasteiger partial charge in [0.2, 0.25) is 0 Å². The summed E-state index contributed by atoms with van der Waals surface area (Å²) < 4.78 is 0. The van der Waals surface area contributed by atoms with Crippen molar-refractivity contribution < 1.29 is 0 Å². The molecule has 0 amide bonds. The molecule has 0 aromatic rings. The number of nitrogens with one attached hydrogen (secondary N) is 1. The molecule has 76 valence electrons. The fraction of sp³-hybridized carbons (Fsp3) is 1.00. The maximum Gasteiger partial charge on any atom is 0.0181 e. The SMILES string of the molecule is CNCC1CCN(C2(C)CCC2)C1. The Morgan fingerprint density at radius 2 is 2.23 bits per heavy atom. The Kier molecular flexibility index (Phi) is 2.61. The molecule has 1 saturated heterocycles. The molecule has 2 nitrogen and oxygen atoms in total. The van der Waals surface area contributed by atoms with Crippen LogP contribution in [0.4, 0.5) is 0 Å². The fourth-order valence-corrected chi connectivity index (χ4v) is 2.78. The van der Waals surface area contributed by atoms with Crippen molar-refractivity contribution in [3.63, 3.8) is 0 Å². The topological polar surface area (TPSA) is 15.3 Å². The van der Waals surface area contributed by atoms with Gasteiger partial charge in [-0.05, 0) is 58.7 Å². The van der Waals surface area contributed by atoms with E-state index in [-0.39, 0.29) is 0 Å². The zero-order valence-electron chi connectivity index (χ0n) is 8.97. The standard InChI is InChI=1S/C11H22N2/c1-11(5-3-6-11)13-7-4-10(9-13)8-12-2/h10,12H,3-9H2,1-2H3. The third-order valence-electron chi connectivity index (χ3n) is 3.97. The maximum absolute atomic E-state index is 3.29. The van der Waals surface area contributed by atoms with Gasteiger partial charge in [0.1, 0.15) is 0 Å². The zero-order chi connectivity index (χ0) is 9.31. The van der Waals surface area contributed by atoms with Gasteiger partial charge >= 0.3 is 0 Å². The van der Waals surface area contributed by atoms with Gasteiger partial charge in [0.15, 0.2) is 0 Å². The van der Waals surface area contributed by atoms with Gasteiger partial charge in [0.25, 0.3) is 0 Å². The van der Waals surface area contributed by atoms with E-state index in [1.54, 1.807) is 0 Å². The van der Waals surface area contributed by atoms with Crippen molar-refractivity contribution >= 4 is 0 Å². The largest absolute Gasteiger partial charge is 0.319 e. The molecule has 0 radical (unpaired) electrons. The molecule has 1 aliphatic heterocycles. The molecule has 1 N–H and O–H groups in total. The lowest BCUT2D eigenvalue weighted by atomic mass is 9.77. The number of rotatable bonds is 3. The van der Waals surface area contributed by atoms with E-state index < -0.39 is 0 Å². The normalized spacial score (nSPS) is 33.2. The Hall–Kier alpha value is -0.0800. The quantitative estimate of drug-likeness (QED) is 0.711. The Bertz CT molecular complexity index is 175. The van der Waals surface area contributed by atoms with Crippen LogP contribution in [-0.2, 0) is 0 Å². The van der Waals surface area contributed by atoms with Gasteiger partial charge in [0.05, 0.1) is 0 Å². The molecule has 1 unspecified atom stereocenters. The number of hydrogen-bond acceptors (Lipinski definition) is 2. The summed E-state index contributed by atoms with van der Waals surface area (Å²) in [5.41, 5.74) is 0.586. The van der Waals surface area contributed by atoms with Crippen molar-refractivity contribution in [3.05, 3.63) is 0 Å². The molecule has 2 aliphatic rings. The van der Waals surface area contributed by atoms with Gasteiger partial charge in [-0.2, -0.15) is 0 Å². The van der Waals surface area contributed by atoms with Crippen molar-refractivity contribution in [3.8, 4) is 0 Å². The summed E-state index contributed by atoms with van der Waals surface area (Å²) in [5.74, 6) is 0.905. The first kappa shape index (κ1) is 9.47. The molecule has 2 fully saturated rings. The molecule has 0 aromatic heterocycles. The van der Waals surface area contributed by atoms with E-state index in [4.69, 9.17) is 0 Å². The Labute approximate surface area is 81.7 Å².